The molecular weight excluding hydrogens is 396 g/mol. The van der Waals surface area contributed by atoms with Gasteiger partial charge in [-0.2, -0.15) is 10.1 Å². The highest BCUT2D eigenvalue weighted by Crippen LogP contribution is 2.50. The van der Waals surface area contributed by atoms with Gasteiger partial charge in [-0.1, -0.05) is 5.16 Å². The summed E-state index contributed by atoms with van der Waals surface area (Å²) in [7, 11) is -3.31. The quantitative estimate of drug-likeness (QED) is 0.714. The van der Waals surface area contributed by atoms with Gasteiger partial charge >= 0.3 is 0 Å². The van der Waals surface area contributed by atoms with Gasteiger partial charge in [-0.05, 0) is 45.1 Å². The average molecular weight is 423 g/mol. The number of hydrogen-bond acceptors (Lipinski definition) is 7. The number of rotatable bonds is 6. The van der Waals surface area contributed by atoms with Crippen LogP contribution in [0.1, 0.15) is 37.0 Å². The topological polar surface area (TPSA) is 123 Å². The van der Waals surface area contributed by atoms with E-state index in [4.69, 9.17) is 4.52 Å². The minimum atomic E-state index is -3.31. The summed E-state index contributed by atoms with van der Waals surface area (Å²) < 4.78 is 34.1. The van der Waals surface area contributed by atoms with Crippen LogP contribution in [0.2, 0.25) is 0 Å². The van der Waals surface area contributed by atoms with Crippen molar-refractivity contribution < 1.29 is 17.7 Å². The van der Waals surface area contributed by atoms with E-state index in [-0.39, 0.29) is 30.2 Å². The molecule has 10 nitrogen and oxygen atoms in total. The van der Waals surface area contributed by atoms with Crippen LogP contribution in [0.4, 0.5) is 0 Å². The summed E-state index contributed by atoms with van der Waals surface area (Å²) in [5.74, 6) is 1.08. The van der Waals surface area contributed by atoms with Gasteiger partial charge < -0.3 is 9.42 Å². The zero-order chi connectivity index (χ0) is 20.8. The second kappa shape index (κ2) is 7.21. The maximum absolute atomic E-state index is 12.9. The highest BCUT2D eigenvalue weighted by molar-refractivity contribution is 7.89. The van der Waals surface area contributed by atoms with E-state index in [1.54, 1.807) is 24.7 Å². The fraction of sp³-hybridized carbons (Fsp3) is 0.667. The predicted octanol–water partition coefficient (Wildman–Crippen LogP) is 0.381. The SMILES string of the molecule is CCS(=O)(=O)N[C@@H]1CC2CN(C(=O)Cn3cc(C)cn3)C[C@@]2(c2nc(C)no2)C1. The van der Waals surface area contributed by atoms with E-state index >= 15 is 0 Å². The van der Waals surface area contributed by atoms with Crippen molar-refractivity contribution in [3.8, 4) is 0 Å². The van der Waals surface area contributed by atoms with Gasteiger partial charge in [0.1, 0.15) is 6.54 Å². The standard InChI is InChI=1S/C18H26N6O4S/c1-4-29(26,27)22-15-5-14-9-23(16(25)10-24-8-12(2)7-19-24)11-18(14,6-15)17-20-13(3)21-28-17/h7-8,14-15,22H,4-6,9-11H2,1-3H3/t14?,15-,18+/m1/s1. The summed E-state index contributed by atoms with van der Waals surface area (Å²) in [5.41, 5.74) is 0.470. The first-order valence-electron chi connectivity index (χ1n) is 9.78. The smallest absolute Gasteiger partial charge is 0.244 e. The van der Waals surface area contributed by atoms with Crippen LogP contribution in [0.25, 0.3) is 0 Å². The molecule has 2 aromatic rings. The van der Waals surface area contributed by atoms with E-state index in [2.05, 4.69) is 20.0 Å². The van der Waals surface area contributed by atoms with E-state index in [9.17, 15) is 13.2 Å². The number of aromatic nitrogens is 4. The second-order valence-electron chi connectivity index (χ2n) is 8.15. The molecule has 1 unspecified atom stereocenters. The number of aryl methyl sites for hydroxylation is 2. The molecule has 1 saturated heterocycles. The van der Waals surface area contributed by atoms with Crippen LogP contribution in [0.15, 0.2) is 16.9 Å². The number of fused-ring (bicyclic) bond motifs is 1. The van der Waals surface area contributed by atoms with Crippen molar-refractivity contribution in [1.82, 2.24) is 29.5 Å². The monoisotopic (exact) mass is 422 g/mol. The molecule has 11 heteroatoms. The molecular formula is C18H26N6O4S. The largest absolute Gasteiger partial charge is 0.340 e. The number of carbonyl (C=O) groups is 1. The predicted molar refractivity (Wildman–Crippen MR) is 103 cm³/mol. The molecule has 1 N–H and O–H groups in total. The second-order valence-corrected chi connectivity index (χ2v) is 10.2. The Bertz CT molecular complexity index is 1020. The Balaban J connectivity index is 1.55. The molecule has 1 aliphatic heterocycles. The molecule has 0 spiro atoms. The number of hydrogen-bond donors (Lipinski definition) is 1. The zero-order valence-corrected chi connectivity index (χ0v) is 17.6. The lowest BCUT2D eigenvalue weighted by molar-refractivity contribution is -0.131. The third-order valence-corrected chi connectivity index (χ3v) is 7.42. The third kappa shape index (κ3) is 3.80. The van der Waals surface area contributed by atoms with Crippen LogP contribution in [0.3, 0.4) is 0 Å². The van der Waals surface area contributed by atoms with Crippen LogP contribution in [0.5, 0.6) is 0 Å². The number of amides is 1. The number of carbonyl (C=O) groups excluding carboxylic acids is 1. The number of likely N-dealkylation sites (tertiary alicyclic amines) is 1. The van der Waals surface area contributed by atoms with Crippen molar-refractivity contribution in [2.75, 3.05) is 18.8 Å². The molecule has 1 saturated carbocycles. The third-order valence-electron chi connectivity index (χ3n) is 5.97. The lowest BCUT2D eigenvalue weighted by Gasteiger charge is -2.25. The number of nitrogens with one attached hydrogen (secondary N) is 1. The molecule has 2 aromatic heterocycles. The van der Waals surface area contributed by atoms with Crippen molar-refractivity contribution in [3.05, 3.63) is 29.7 Å². The molecule has 2 aliphatic rings. The Hall–Kier alpha value is -2.27. The normalized spacial score (nSPS) is 26.8. The molecule has 0 radical (unpaired) electrons. The van der Waals surface area contributed by atoms with Gasteiger partial charge in [-0.15, -0.1) is 0 Å². The summed E-state index contributed by atoms with van der Waals surface area (Å²) in [5, 5.41) is 8.12. The van der Waals surface area contributed by atoms with Gasteiger partial charge in [-0.3, -0.25) is 9.48 Å². The lowest BCUT2D eigenvalue weighted by Crippen LogP contribution is -2.40. The van der Waals surface area contributed by atoms with E-state index in [1.165, 1.54) is 0 Å². The van der Waals surface area contributed by atoms with Gasteiger partial charge in [0.05, 0.1) is 17.4 Å². The van der Waals surface area contributed by atoms with Crippen molar-refractivity contribution in [2.24, 2.45) is 5.92 Å². The Morgan fingerprint density at radius 3 is 2.83 bits per heavy atom. The molecule has 3 atom stereocenters. The van der Waals surface area contributed by atoms with Crippen molar-refractivity contribution >= 4 is 15.9 Å². The van der Waals surface area contributed by atoms with Gasteiger partial charge in [0.2, 0.25) is 21.8 Å². The fourth-order valence-corrected chi connectivity index (χ4v) is 5.46. The van der Waals surface area contributed by atoms with Crippen LogP contribution in [0, 0.1) is 19.8 Å². The van der Waals surface area contributed by atoms with E-state index in [0.717, 1.165) is 5.56 Å². The Kier molecular flexibility index (Phi) is 4.97. The first-order valence-corrected chi connectivity index (χ1v) is 11.4. The maximum Gasteiger partial charge on any atom is 0.244 e. The summed E-state index contributed by atoms with van der Waals surface area (Å²) in [6.07, 6.45) is 4.72. The Morgan fingerprint density at radius 1 is 1.41 bits per heavy atom. The van der Waals surface area contributed by atoms with Crippen molar-refractivity contribution in [2.45, 2.75) is 51.6 Å². The van der Waals surface area contributed by atoms with Crippen LogP contribution in [-0.4, -0.2) is 64.0 Å². The van der Waals surface area contributed by atoms with Gasteiger partial charge in [0, 0.05) is 25.3 Å². The van der Waals surface area contributed by atoms with Crippen molar-refractivity contribution in [3.63, 3.8) is 0 Å². The minimum absolute atomic E-state index is 0.0243. The van der Waals surface area contributed by atoms with Crippen molar-refractivity contribution in [1.29, 1.82) is 0 Å². The van der Waals surface area contributed by atoms with Crippen LogP contribution < -0.4 is 4.72 Å². The number of sulfonamides is 1. The van der Waals surface area contributed by atoms with Gasteiger partial charge in [0.15, 0.2) is 5.82 Å². The van der Waals surface area contributed by atoms with Gasteiger partial charge in [-0.25, -0.2) is 13.1 Å². The summed E-state index contributed by atoms with van der Waals surface area (Å²) in [6, 6.07) is -0.205. The molecule has 0 bridgehead atoms. The minimum Gasteiger partial charge on any atom is -0.340 e. The Morgan fingerprint density at radius 2 is 2.21 bits per heavy atom. The summed E-state index contributed by atoms with van der Waals surface area (Å²) in [4.78, 5) is 19.1. The zero-order valence-electron chi connectivity index (χ0n) is 16.8. The lowest BCUT2D eigenvalue weighted by atomic mass is 9.80. The first-order chi connectivity index (χ1) is 13.7. The fourth-order valence-electron chi connectivity index (χ4n) is 4.61. The number of nitrogens with zero attached hydrogens (tertiary/aromatic N) is 5. The first kappa shape index (κ1) is 20.0. The molecule has 4 rings (SSSR count). The summed E-state index contributed by atoms with van der Waals surface area (Å²) in [6.45, 7) is 6.44. The highest BCUT2D eigenvalue weighted by atomic mass is 32.2. The average Bonchev–Trinajstić information content (AvgIpc) is 3.38. The molecule has 0 aromatic carbocycles. The molecule has 2 fully saturated rings. The molecule has 1 amide bonds. The molecule has 1 aliphatic carbocycles. The van der Waals surface area contributed by atoms with E-state index < -0.39 is 15.4 Å². The maximum atomic E-state index is 12.9. The van der Waals surface area contributed by atoms with Crippen LogP contribution in [-0.2, 0) is 26.8 Å². The molecule has 3 heterocycles. The van der Waals surface area contributed by atoms with E-state index in [0.29, 0.717) is 37.6 Å². The Labute approximate surface area is 169 Å². The van der Waals surface area contributed by atoms with E-state index in [1.807, 2.05) is 18.0 Å². The van der Waals surface area contributed by atoms with Crippen LogP contribution >= 0.6 is 0 Å². The highest BCUT2D eigenvalue weighted by Gasteiger charge is 2.58. The molecule has 158 valence electrons. The molecule has 29 heavy (non-hydrogen) atoms. The van der Waals surface area contributed by atoms with Gasteiger partial charge in [0.25, 0.3) is 0 Å². The summed E-state index contributed by atoms with van der Waals surface area (Å²) >= 11 is 0.